The summed E-state index contributed by atoms with van der Waals surface area (Å²) in [4.78, 5) is 22.4. The third-order valence-electron chi connectivity index (χ3n) is 4.30. The molecule has 1 heterocycles. The number of hydrogen-bond acceptors (Lipinski definition) is 7. The van der Waals surface area contributed by atoms with Gasteiger partial charge in [0, 0.05) is 29.4 Å². The highest BCUT2D eigenvalue weighted by atomic mass is 35.5. The standard InChI is InChI=1S/C20H20ClN5O4S/c1-3-25-18(11-30-17-9-4-14(21)10-13(17)2)23-24-20(25)31-12-19(27)22-15-5-7-16(8-6-15)26(28)29/h4-10H,3,11-12H2,1-2H3,(H,22,27). The molecule has 3 aromatic rings. The molecule has 0 aliphatic rings. The lowest BCUT2D eigenvalue weighted by atomic mass is 10.2. The highest BCUT2D eigenvalue weighted by molar-refractivity contribution is 7.99. The van der Waals surface area contributed by atoms with Crippen LogP contribution in [0.15, 0.2) is 47.6 Å². The largest absolute Gasteiger partial charge is 0.485 e. The van der Waals surface area contributed by atoms with Gasteiger partial charge in [-0.1, -0.05) is 23.4 Å². The highest BCUT2D eigenvalue weighted by Crippen LogP contribution is 2.24. The molecule has 0 aliphatic heterocycles. The number of aromatic nitrogens is 3. The molecule has 2 aromatic carbocycles. The molecule has 162 valence electrons. The molecule has 0 fully saturated rings. The average molecular weight is 462 g/mol. The smallest absolute Gasteiger partial charge is 0.269 e. The van der Waals surface area contributed by atoms with Gasteiger partial charge in [0.1, 0.15) is 12.4 Å². The van der Waals surface area contributed by atoms with Gasteiger partial charge in [0.2, 0.25) is 5.91 Å². The van der Waals surface area contributed by atoms with E-state index in [9.17, 15) is 14.9 Å². The monoisotopic (exact) mass is 461 g/mol. The third-order valence-corrected chi connectivity index (χ3v) is 5.50. The number of benzene rings is 2. The molecule has 11 heteroatoms. The Kier molecular flexibility index (Phi) is 7.48. The van der Waals surface area contributed by atoms with E-state index in [2.05, 4.69) is 15.5 Å². The summed E-state index contributed by atoms with van der Waals surface area (Å²) in [6.07, 6.45) is 0. The van der Waals surface area contributed by atoms with Crippen LogP contribution in [0.25, 0.3) is 0 Å². The second-order valence-corrected chi connectivity index (χ2v) is 7.86. The number of nitrogens with zero attached hydrogens (tertiary/aromatic N) is 4. The number of nitrogens with one attached hydrogen (secondary N) is 1. The molecule has 0 bridgehead atoms. The van der Waals surface area contributed by atoms with Crippen LogP contribution in [0.2, 0.25) is 5.02 Å². The van der Waals surface area contributed by atoms with E-state index < -0.39 is 4.92 Å². The first-order chi connectivity index (χ1) is 14.9. The van der Waals surface area contributed by atoms with Crippen molar-refractivity contribution in [3.05, 3.63) is 69.0 Å². The van der Waals surface area contributed by atoms with E-state index in [0.29, 0.717) is 34.0 Å². The van der Waals surface area contributed by atoms with Crippen molar-refractivity contribution in [3.63, 3.8) is 0 Å². The van der Waals surface area contributed by atoms with E-state index in [-0.39, 0.29) is 24.0 Å². The minimum Gasteiger partial charge on any atom is -0.485 e. The number of amides is 1. The van der Waals surface area contributed by atoms with Crippen molar-refractivity contribution < 1.29 is 14.5 Å². The molecular weight excluding hydrogens is 442 g/mol. The lowest BCUT2D eigenvalue weighted by Crippen LogP contribution is -2.15. The molecule has 0 unspecified atom stereocenters. The summed E-state index contributed by atoms with van der Waals surface area (Å²) in [5.74, 6) is 1.23. The van der Waals surface area contributed by atoms with Crippen LogP contribution in [0, 0.1) is 17.0 Å². The van der Waals surface area contributed by atoms with Crippen LogP contribution in [0.4, 0.5) is 11.4 Å². The minimum atomic E-state index is -0.491. The second kappa shape index (κ2) is 10.3. The molecule has 0 radical (unpaired) electrons. The number of nitro groups is 1. The Morgan fingerprint density at radius 3 is 2.65 bits per heavy atom. The first kappa shape index (κ1) is 22.6. The maximum Gasteiger partial charge on any atom is 0.269 e. The van der Waals surface area contributed by atoms with Crippen molar-refractivity contribution in [1.29, 1.82) is 0 Å². The number of carbonyl (C=O) groups is 1. The number of rotatable bonds is 9. The van der Waals surface area contributed by atoms with Crippen LogP contribution in [0.3, 0.4) is 0 Å². The van der Waals surface area contributed by atoms with E-state index in [1.807, 2.05) is 30.5 Å². The van der Waals surface area contributed by atoms with Crippen LogP contribution in [0.1, 0.15) is 18.3 Å². The van der Waals surface area contributed by atoms with Gasteiger partial charge in [-0.2, -0.15) is 0 Å². The summed E-state index contributed by atoms with van der Waals surface area (Å²) in [6.45, 7) is 4.73. The molecule has 0 saturated heterocycles. The molecule has 0 atom stereocenters. The number of carbonyl (C=O) groups excluding carboxylic acids is 1. The number of anilines is 1. The minimum absolute atomic E-state index is 0.0352. The average Bonchev–Trinajstić information content (AvgIpc) is 3.14. The first-order valence-electron chi connectivity index (χ1n) is 9.35. The van der Waals surface area contributed by atoms with Crippen molar-refractivity contribution in [2.75, 3.05) is 11.1 Å². The molecule has 3 rings (SSSR count). The SMILES string of the molecule is CCn1c(COc2ccc(Cl)cc2C)nnc1SCC(=O)Nc1ccc([N+](=O)[O-])cc1. The van der Waals surface area contributed by atoms with Gasteiger partial charge in [-0.25, -0.2) is 0 Å². The van der Waals surface area contributed by atoms with Crippen LogP contribution in [0.5, 0.6) is 5.75 Å². The van der Waals surface area contributed by atoms with Gasteiger partial charge in [0.25, 0.3) is 5.69 Å². The molecule has 9 nitrogen and oxygen atoms in total. The Hall–Kier alpha value is -3.11. The van der Waals surface area contributed by atoms with E-state index >= 15 is 0 Å². The second-order valence-electron chi connectivity index (χ2n) is 6.48. The fourth-order valence-corrected chi connectivity index (χ4v) is 3.81. The number of non-ortho nitro benzene ring substituents is 1. The zero-order valence-corrected chi connectivity index (χ0v) is 18.4. The highest BCUT2D eigenvalue weighted by Gasteiger charge is 2.15. The summed E-state index contributed by atoms with van der Waals surface area (Å²) in [5.41, 5.74) is 1.38. The van der Waals surface area contributed by atoms with Gasteiger partial charge in [-0.05, 0) is 49.7 Å². The molecule has 0 spiro atoms. The first-order valence-corrected chi connectivity index (χ1v) is 10.7. The zero-order chi connectivity index (χ0) is 22.4. The summed E-state index contributed by atoms with van der Waals surface area (Å²) >= 11 is 7.22. The molecule has 1 aromatic heterocycles. The van der Waals surface area contributed by atoms with Crippen LogP contribution >= 0.6 is 23.4 Å². The van der Waals surface area contributed by atoms with Crippen molar-refractivity contribution in [2.24, 2.45) is 0 Å². The summed E-state index contributed by atoms with van der Waals surface area (Å²) < 4.78 is 7.73. The molecule has 0 aliphatic carbocycles. The quantitative estimate of drug-likeness (QED) is 0.284. The van der Waals surface area contributed by atoms with Crippen molar-refractivity contribution in [1.82, 2.24) is 14.8 Å². The summed E-state index contributed by atoms with van der Waals surface area (Å²) in [7, 11) is 0. The Bertz CT molecular complexity index is 1090. The predicted molar refractivity (Wildman–Crippen MR) is 119 cm³/mol. The maximum absolute atomic E-state index is 12.2. The summed E-state index contributed by atoms with van der Waals surface area (Å²) in [5, 5.41) is 23.0. The molecule has 1 N–H and O–H groups in total. The van der Waals surface area contributed by atoms with Gasteiger partial charge in [0.15, 0.2) is 11.0 Å². The van der Waals surface area contributed by atoms with Gasteiger partial charge in [-0.3, -0.25) is 14.9 Å². The number of ether oxygens (including phenoxy) is 1. The van der Waals surface area contributed by atoms with Crippen LogP contribution in [-0.4, -0.2) is 31.3 Å². The lowest BCUT2D eigenvalue weighted by Gasteiger charge is -2.11. The number of hydrogen-bond donors (Lipinski definition) is 1. The fraction of sp³-hybridized carbons (Fsp3) is 0.250. The normalized spacial score (nSPS) is 10.7. The summed E-state index contributed by atoms with van der Waals surface area (Å²) in [6, 6.07) is 11.1. The van der Waals surface area contributed by atoms with Crippen LogP contribution in [-0.2, 0) is 17.9 Å². The maximum atomic E-state index is 12.2. The van der Waals surface area contributed by atoms with Gasteiger partial charge < -0.3 is 14.6 Å². The van der Waals surface area contributed by atoms with Gasteiger partial charge in [0.05, 0.1) is 10.7 Å². The Morgan fingerprint density at radius 1 is 1.26 bits per heavy atom. The number of aryl methyl sites for hydroxylation is 1. The zero-order valence-electron chi connectivity index (χ0n) is 16.9. The van der Waals surface area contributed by atoms with Crippen molar-refractivity contribution in [3.8, 4) is 5.75 Å². The van der Waals surface area contributed by atoms with Crippen molar-refractivity contribution in [2.45, 2.75) is 32.2 Å². The fourth-order valence-electron chi connectivity index (χ4n) is 2.76. The van der Waals surface area contributed by atoms with E-state index in [0.717, 1.165) is 5.56 Å². The predicted octanol–water partition coefficient (Wildman–Crippen LogP) is 4.48. The van der Waals surface area contributed by atoms with E-state index in [1.165, 1.54) is 36.0 Å². The Balaban J connectivity index is 1.57. The Labute approximate surface area is 187 Å². The molecule has 0 saturated carbocycles. The lowest BCUT2D eigenvalue weighted by molar-refractivity contribution is -0.384. The van der Waals surface area contributed by atoms with Gasteiger partial charge in [-0.15, -0.1) is 10.2 Å². The van der Waals surface area contributed by atoms with E-state index in [4.69, 9.17) is 16.3 Å². The van der Waals surface area contributed by atoms with Gasteiger partial charge >= 0.3 is 0 Å². The van der Waals surface area contributed by atoms with E-state index in [1.54, 1.807) is 6.07 Å². The number of halogens is 1. The third kappa shape index (κ3) is 5.96. The topological polar surface area (TPSA) is 112 Å². The molecule has 31 heavy (non-hydrogen) atoms. The number of nitro benzene ring substituents is 1. The number of thioether (sulfide) groups is 1. The van der Waals surface area contributed by atoms with Crippen LogP contribution < -0.4 is 10.1 Å². The molecular formula is C20H20ClN5O4S. The van der Waals surface area contributed by atoms with Crippen molar-refractivity contribution >= 4 is 40.6 Å². The molecule has 1 amide bonds. The Morgan fingerprint density at radius 2 is 2.00 bits per heavy atom.